The molecule has 0 atom stereocenters. The van der Waals surface area contributed by atoms with Crippen molar-refractivity contribution in [1.29, 1.82) is 0 Å². The summed E-state index contributed by atoms with van der Waals surface area (Å²) < 4.78 is 23.0. The lowest BCUT2D eigenvalue weighted by Gasteiger charge is -2.22. The second-order valence-corrected chi connectivity index (χ2v) is 7.28. The molecule has 0 saturated heterocycles. The average Bonchev–Trinajstić information content (AvgIpc) is 2.33. The van der Waals surface area contributed by atoms with Gasteiger partial charge in [-0.15, -0.1) is 0 Å². The van der Waals surface area contributed by atoms with Crippen LogP contribution in [0.3, 0.4) is 0 Å². The summed E-state index contributed by atoms with van der Waals surface area (Å²) in [5, 5.41) is 11.8. The van der Waals surface area contributed by atoms with Crippen LogP contribution in [0.4, 0.5) is 5.69 Å². The van der Waals surface area contributed by atoms with E-state index in [1.165, 1.54) is 6.26 Å². The second kappa shape index (κ2) is 6.25. The third-order valence-corrected chi connectivity index (χ3v) is 4.15. The molecule has 0 amide bonds. The molecule has 8 heteroatoms. The zero-order valence-corrected chi connectivity index (χ0v) is 13.1. The number of hydrogen-bond donors (Lipinski definition) is 2. The van der Waals surface area contributed by atoms with Gasteiger partial charge in [0.25, 0.3) is 0 Å². The second-order valence-electron chi connectivity index (χ2n) is 4.17. The number of oxime groups is 1. The van der Waals surface area contributed by atoms with E-state index in [-0.39, 0.29) is 11.6 Å². The van der Waals surface area contributed by atoms with Crippen molar-refractivity contribution in [3.05, 3.63) is 28.2 Å². The van der Waals surface area contributed by atoms with E-state index in [0.717, 1.165) is 0 Å². The van der Waals surface area contributed by atoms with Crippen molar-refractivity contribution in [3.63, 3.8) is 0 Å². The van der Waals surface area contributed by atoms with Gasteiger partial charge in [0.1, 0.15) is 9.84 Å². The first-order valence-electron chi connectivity index (χ1n) is 5.41. The highest BCUT2D eigenvalue weighted by atomic mass is 79.9. The Kier molecular flexibility index (Phi) is 5.19. The molecule has 1 aromatic carbocycles. The molecule has 6 nitrogen and oxygen atoms in total. The quantitative estimate of drug-likeness (QED) is 0.358. The van der Waals surface area contributed by atoms with Crippen LogP contribution in [0, 0.1) is 0 Å². The van der Waals surface area contributed by atoms with Crippen LogP contribution in [0.5, 0.6) is 0 Å². The van der Waals surface area contributed by atoms with E-state index < -0.39 is 9.84 Å². The van der Waals surface area contributed by atoms with Gasteiger partial charge in [0.2, 0.25) is 0 Å². The monoisotopic (exact) mass is 349 g/mol. The normalized spacial score (nSPS) is 12.5. The number of benzene rings is 1. The van der Waals surface area contributed by atoms with Gasteiger partial charge in [-0.05, 0) is 28.1 Å². The molecular formula is C11H16BrN3O3S. The van der Waals surface area contributed by atoms with Crippen molar-refractivity contribution in [2.24, 2.45) is 10.9 Å². The predicted molar refractivity (Wildman–Crippen MR) is 79.6 cm³/mol. The first-order valence-corrected chi connectivity index (χ1v) is 8.27. The topological polar surface area (TPSA) is 96.0 Å². The lowest BCUT2D eigenvalue weighted by atomic mass is 10.1. The number of rotatable bonds is 5. The standard InChI is InChI=1S/C11H16BrN3O3S/c1-15(6-7-19(2,17)18)9-5-3-4-8(12)10(9)11(13)14-16/h3-5,16H,6-7H2,1-2H3,(H2,13,14). The van der Waals surface area contributed by atoms with Crippen molar-refractivity contribution in [2.75, 3.05) is 30.5 Å². The summed E-state index contributed by atoms with van der Waals surface area (Å²) in [5.74, 6) is -0.000270. The Morgan fingerprint density at radius 2 is 2.16 bits per heavy atom. The van der Waals surface area contributed by atoms with Gasteiger partial charge in [0, 0.05) is 30.0 Å². The van der Waals surface area contributed by atoms with Crippen molar-refractivity contribution < 1.29 is 13.6 Å². The molecule has 0 saturated carbocycles. The molecule has 0 aliphatic rings. The Morgan fingerprint density at radius 3 is 2.68 bits per heavy atom. The van der Waals surface area contributed by atoms with E-state index in [4.69, 9.17) is 10.9 Å². The molecule has 0 bridgehead atoms. The maximum atomic E-state index is 11.2. The van der Waals surface area contributed by atoms with Gasteiger partial charge in [0.15, 0.2) is 5.84 Å². The molecule has 3 N–H and O–H groups in total. The molecule has 0 aliphatic carbocycles. The fourth-order valence-electron chi connectivity index (χ4n) is 1.56. The lowest BCUT2D eigenvalue weighted by molar-refractivity contribution is 0.318. The predicted octanol–water partition coefficient (Wildman–Crippen LogP) is 1.02. The Balaban J connectivity index is 3.10. The van der Waals surface area contributed by atoms with Crippen molar-refractivity contribution >= 4 is 37.3 Å². The Morgan fingerprint density at radius 1 is 1.53 bits per heavy atom. The highest BCUT2D eigenvalue weighted by Crippen LogP contribution is 2.27. The average molecular weight is 350 g/mol. The molecule has 19 heavy (non-hydrogen) atoms. The van der Waals surface area contributed by atoms with E-state index >= 15 is 0 Å². The summed E-state index contributed by atoms with van der Waals surface area (Å²) in [6, 6.07) is 5.34. The van der Waals surface area contributed by atoms with Gasteiger partial charge in [-0.1, -0.05) is 11.2 Å². The first-order chi connectivity index (χ1) is 8.76. The van der Waals surface area contributed by atoms with Crippen LogP contribution in [0.1, 0.15) is 5.56 Å². The highest BCUT2D eigenvalue weighted by Gasteiger charge is 2.15. The van der Waals surface area contributed by atoms with Crippen LogP contribution in [0.25, 0.3) is 0 Å². The molecule has 0 spiro atoms. The SMILES string of the molecule is CN(CCS(C)(=O)=O)c1cccc(Br)c1/C(N)=N/O. The largest absolute Gasteiger partial charge is 0.409 e. The van der Waals surface area contributed by atoms with Crippen LogP contribution >= 0.6 is 15.9 Å². The number of anilines is 1. The Hall–Kier alpha value is -1.28. The van der Waals surface area contributed by atoms with Gasteiger partial charge >= 0.3 is 0 Å². The van der Waals surface area contributed by atoms with Crippen molar-refractivity contribution in [2.45, 2.75) is 0 Å². The van der Waals surface area contributed by atoms with Gasteiger partial charge in [0.05, 0.1) is 11.3 Å². The van der Waals surface area contributed by atoms with Crippen LogP contribution in [-0.2, 0) is 9.84 Å². The van der Waals surface area contributed by atoms with Crippen LogP contribution in [-0.4, -0.2) is 45.1 Å². The molecule has 0 heterocycles. The molecule has 1 rings (SSSR count). The summed E-state index contributed by atoms with van der Waals surface area (Å²) >= 11 is 3.33. The van der Waals surface area contributed by atoms with Crippen LogP contribution < -0.4 is 10.6 Å². The molecule has 0 unspecified atom stereocenters. The van der Waals surface area contributed by atoms with Crippen molar-refractivity contribution in [3.8, 4) is 0 Å². The van der Waals surface area contributed by atoms with E-state index in [1.54, 1.807) is 30.1 Å². The summed E-state index contributed by atoms with van der Waals surface area (Å²) in [4.78, 5) is 1.75. The van der Waals surface area contributed by atoms with E-state index in [9.17, 15) is 8.42 Å². The maximum absolute atomic E-state index is 11.2. The van der Waals surface area contributed by atoms with Crippen molar-refractivity contribution in [1.82, 2.24) is 0 Å². The smallest absolute Gasteiger partial charge is 0.173 e. The molecule has 1 aromatic rings. The van der Waals surface area contributed by atoms with Gasteiger partial charge in [-0.2, -0.15) is 0 Å². The molecule has 0 aromatic heterocycles. The Bertz CT molecular complexity index is 587. The summed E-state index contributed by atoms with van der Waals surface area (Å²) in [5.41, 5.74) is 6.86. The molecular weight excluding hydrogens is 334 g/mol. The number of amidine groups is 1. The highest BCUT2D eigenvalue weighted by molar-refractivity contribution is 9.10. The molecule has 0 radical (unpaired) electrons. The zero-order chi connectivity index (χ0) is 14.6. The zero-order valence-electron chi connectivity index (χ0n) is 10.7. The van der Waals surface area contributed by atoms with Crippen LogP contribution in [0.15, 0.2) is 27.8 Å². The number of halogens is 1. The van der Waals surface area contributed by atoms with Crippen LogP contribution in [0.2, 0.25) is 0 Å². The lowest BCUT2D eigenvalue weighted by Crippen LogP contribution is -2.28. The summed E-state index contributed by atoms with van der Waals surface area (Å²) in [7, 11) is -1.29. The minimum atomic E-state index is -3.04. The third kappa shape index (κ3) is 4.39. The summed E-state index contributed by atoms with van der Waals surface area (Å²) in [6.07, 6.45) is 1.19. The van der Waals surface area contributed by atoms with Gasteiger partial charge in [-0.3, -0.25) is 0 Å². The summed E-state index contributed by atoms with van der Waals surface area (Å²) in [6.45, 7) is 0.320. The molecule has 0 aliphatic heterocycles. The fraction of sp³-hybridized carbons (Fsp3) is 0.364. The van der Waals surface area contributed by atoms with E-state index in [1.807, 2.05) is 0 Å². The minimum Gasteiger partial charge on any atom is -0.409 e. The number of sulfone groups is 1. The van der Waals surface area contributed by atoms with E-state index in [0.29, 0.717) is 22.3 Å². The van der Waals surface area contributed by atoms with Gasteiger partial charge < -0.3 is 15.8 Å². The maximum Gasteiger partial charge on any atom is 0.173 e. The number of nitrogens with two attached hydrogens (primary N) is 1. The fourth-order valence-corrected chi connectivity index (χ4v) is 2.72. The molecule has 0 fully saturated rings. The number of hydrogen-bond acceptors (Lipinski definition) is 5. The first kappa shape index (κ1) is 15.8. The Labute approximate surface area is 120 Å². The number of nitrogens with zero attached hydrogens (tertiary/aromatic N) is 2. The minimum absolute atomic E-state index is 0.0334. The third-order valence-electron chi connectivity index (χ3n) is 2.56. The molecule has 106 valence electrons. The van der Waals surface area contributed by atoms with Gasteiger partial charge in [-0.25, -0.2) is 8.42 Å². The van der Waals surface area contributed by atoms with E-state index in [2.05, 4.69) is 21.1 Å².